The van der Waals surface area contributed by atoms with Gasteiger partial charge in [0.25, 0.3) is 0 Å². The lowest BCUT2D eigenvalue weighted by atomic mass is 10.1. The standard InChI is InChI=1S/C16H16/c1(3-9-15-11-5-6-12-15)2-4-10-16-13-7-8-14-16/h1-16H. The zero-order chi connectivity index (χ0) is 11.1. The molecule has 16 heavy (non-hydrogen) atoms. The molecule has 0 heterocycles. The van der Waals surface area contributed by atoms with E-state index >= 15 is 0 Å². The maximum atomic E-state index is 2.18. The van der Waals surface area contributed by atoms with Gasteiger partial charge in [-0.05, 0) is 0 Å². The first kappa shape index (κ1) is 10.7. The summed E-state index contributed by atoms with van der Waals surface area (Å²) in [7, 11) is 0. The van der Waals surface area contributed by atoms with Crippen molar-refractivity contribution in [1.29, 1.82) is 0 Å². The van der Waals surface area contributed by atoms with Gasteiger partial charge in [0.15, 0.2) is 0 Å². The fourth-order valence-electron chi connectivity index (χ4n) is 1.67. The van der Waals surface area contributed by atoms with E-state index in [1.165, 1.54) is 0 Å². The number of allylic oxidation sites excluding steroid dienone is 14. The van der Waals surface area contributed by atoms with E-state index in [1.807, 2.05) is 0 Å². The largest absolute Gasteiger partial charge is 0.0738 e. The predicted molar refractivity (Wildman–Crippen MR) is 71.0 cm³/mol. The van der Waals surface area contributed by atoms with Crippen LogP contribution in [-0.2, 0) is 0 Å². The summed E-state index contributed by atoms with van der Waals surface area (Å²) < 4.78 is 0. The zero-order valence-electron chi connectivity index (χ0n) is 9.24. The first-order valence-corrected chi connectivity index (χ1v) is 5.67. The van der Waals surface area contributed by atoms with Gasteiger partial charge in [0.1, 0.15) is 0 Å². The fourth-order valence-corrected chi connectivity index (χ4v) is 1.67. The molecule has 0 saturated heterocycles. The van der Waals surface area contributed by atoms with E-state index in [0.29, 0.717) is 11.8 Å². The van der Waals surface area contributed by atoms with Crippen LogP contribution >= 0.6 is 0 Å². The van der Waals surface area contributed by atoms with Gasteiger partial charge in [-0.25, -0.2) is 0 Å². The van der Waals surface area contributed by atoms with Crippen LogP contribution in [0.4, 0.5) is 0 Å². The maximum Gasteiger partial charge on any atom is 0.0136 e. The highest BCUT2D eigenvalue weighted by atomic mass is 14.0. The van der Waals surface area contributed by atoms with Crippen LogP contribution in [0.3, 0.4) is 0 Å². The first-order chi connectivity index (χ1) is 7.95. The fraction of sp³-hybridized carbons (Fsp3) is 0.125. The minimum atomic E-state index is 0.481. The van der Waals surface area contributed by atoms with Gasteiger partial charge in [-0.15, -0.1) is 0 Å². The zero-order valence-corrected chi connectivity index (χ0v) is 9.24. The monoisotopic (exact) mass is 208 g/mol. The van der Waals surface area contributed by atoms with Gasteiger partial charge >= 0.3 is 0 Å². The van der Waals surface area contributed by atoms with E-state index < -0.39 is 0 Å². The summed E-state index contributed by atoms with van der Waals surface area (Å²) in [4.78, 5) is 0. The van der Waals surface area contributed by atoms with Crippen LogP contribution in [-0.4, -0.2) is 0 Å². The third-order valence-electron chi connectivity index (χ3n) is 2.56. The van der Waals surface area contributed by atoms with Crippen molar-refractivity contribution in [1.82, 2.24) is 0 Å². The Kier molecular flexibility index (Phi) is 3.95. The summed E-state index contributed by atoms with van der Waals surface area (Å²) in [6, 6.07) is 0. The van der Waals surface area contributed by atoms with Crippen LogP contribution < -0.4 is 0 Å². The highest BCUT2D eigenvalue weighted by Crippen LogP contribution is 2.10. The van der Waals surface area contributed by atoms with Crippen molar-refractivity contribution in [2.75, 3.05) is 0 Å². The Morgan fingerprint density at radius 3 is 1.25 bits per heavy atom. The third kappa shape index (κ3) is 3.39. The molecule has 0 radical (unpaired) electrons. The molecule has 0 fully saturated rings. The summed E-state index contributed by atoms with van der Waals surface area (Å²) >= 11 is 0. The maximum absolute atomic E-state index is 2.18. The lowest BCUT2D eigenvalue weighted by molar-refractivity contribution is 1.09. The van der Waals surface area contributed by atoms with Crippen molar-refractivity contribution in [3.8, 4) is 0 Å². The minimum Gasteiger partial charge on any atom is -0.0738 e. The average molecular weight is 208 g/mol. The van der Waals surface area contributed by atoms with E-state index in [0.717, 1.165) is 0 Å². The molecule has 0 aromatic carbocycles. The molecule has 0 saturated carbocycles. The van der Waals surface area contributed by atoms with Crippen molar-refractivity contribution < 1.29 is 0 Å². The second kappa shape index (κ2) is 5.92. The molecule has 0 heteroatoms. The van der Waals surface area contributed by atoms with Crippen LogP contribution in [0.5, 0.6) is 0 Å². The molecule has 0 amide bonds. The summed E-state index contributed by atoms with van der Waals surface area (Å²) in [5.41, 5.74) is 0. The Morgan fingerprint density at radius 2 is 0.875 bits per heavy atom. The molecular formula is C16H16. The average Bonchev–Trinajstić information content (AvgIpc) is 2.96. The lowest BCUT2D eigenvalue weighted by Crippen LogP contribution is -1.79. The lowest BCUT2D eigenvalue weighted by Gasteiger charge is -1.92. The topological polar surface area (TPSA) is 0 Å². The molecular weight excluding hydrogens is 192 g/mol. The van der Waals surface area contributed by atoms with Gasteiger partial charge < -0.3 is 0 Å². The summed E-state index contributed by atoms with van der Waals surface area (Å²) in [5, 5.41) is 0. The van der Waals surface area contributed by atoms with Crippen molar-refractivity contribution in [3.63, 3.8) is 0 Å². The second-order valence-corrected chi connectivity index (χ2v) is 3.85. The van der Waals surface area contributed by atoms with Crippen LogP contribution in [0.2, 0.25) is 0 Å². The van der Waals surface area contributed by atoms with E-state index in [-0.39, 0.29) is 0 Å². The van der Waals surface area contributed by atoms with Gasteiger partial charge in [-0.2, -0.15) is 0 Å². The van der Waals surface area contributed by atoms with Crippen molar-refractivity contribution in [2.24, 2.45) is 11.8 Å². The molecule has 0 spiro atoms. The molecule has 0 aliphatic heterocycles. The van der Waals surface area contributed by atoms with E-state index in [1.54, 1.807) is 0 Å². The molecule has 0 bridgehead atoms. The number of hydrogen-bond donors (Lipinski definition) is 0. The Morgan fingerprint density at radius 1 is 0.500 bits per heavy atom. The van der Waals surface area contributed by atoms with Gasteiger partial charge in [-0.1, -0.05) is 85.1 Å². The third-order valence-corrected chi connectivity index (χ3v) is 2.56. The molecule has 80 valence electrons. The van der Waals surface area contributed by atoms with Crippen LogP contribution in [0.15, 0.2) is 85.1 Å². The van der Waals surface area contributed by atoms with Crippen molar-refractivity contribution in [3.05, 3.63) is 85.1 Å². The molecule has 0 nitrogen and oxygen atoms in total. The molecule has 0 N–H and O–H groups in total. The summed E-state index contributed by atoms with van der Waals surface area (Å²) in [6.07, 6.45) is 29.7. The smallest absolute Gasteiger partial charge is 0.0136 e. The van der Waals surface area contributed by atoms with Crippen LogP contribution in [0, 0.1) is 11.8 Å². The van der Waals surface area contributed by atoms with E-state index in [2.05, 4.69) is 85.1 Å². The van der Waals surface area contributed by atoms with Gasteiger partial charge in [-0.3, -0.25) is 0 Å². The van der Waals surface area contributed by atoms with Crippen LogP contribution in [0.1, 0.15) is 0 Å². The number of rotatable bonds is 4. The second-order valence-electron chi connectivity index (χ2n) is 3.85. The molecule has 0 unspecified atom stereocenters. The molecule has 0 atom stereocenters. The van der Waals surface area contributed by atoms with Crippen molar-refractivity contribution >= 4 is 0 Å². The Balaban J connectivity index is 1.73. The van der Waals surface area contributed by atoms with Gasteiger partial charge in [0.2, 0.25) is 0 Å². The minimum absolute atomic E-state index is 0.481. The van der Waals surface area contributed by atoms with Crippen LogP contribution in [0.25, 0.3) is 0 Å². The molecule has 0 aromatic heterocycles. The van der Waals surface area contributed by atoms with Gasteiger partial charge in [0, 0.05) is 11.8 Å². The Labute approximate surface area is 97.4 Å². The molecule has 2 rings (SSSR count). The Bertz CT molecular complexity index is 347. The molecule has 0 aromatic rings. The quantitative estimate of drug-likeness (QED) is 0.609. The Hall–Kier alpha value is -1.82. The number of hydrogen-bond acceptors (Lipinski definition) is 0. The van der Waals surface area contributed by atoms with E-state index in [4.69, 9.17) is 0 Å². The summed E-state index contributed by atoms with van der Waals surface area (Å²) in [6.45, 7) is 0. The highest BCUT2D eigenvalue weighted by Gasteiger charge is 1.96. The highest BCUT2D eigenvalue weighted by molar-refractivity contribution is 5.26. The predicted octanol–water partition coefficient (Wildman–Crippen LogP) is 4.14. The van der Waals surface area contributed by atoms with Gasteiger partial charge in [0.05, 0.1) is 0 Å². The SMILES string of the molecule is C(=CC=CC1C=CC=C1)C=CC1C=CC=C1. The summed E-state index contributed by atoms with van der Waals surface area (Å²) in [5.74, 6) is 0.962. The van der Waals surface area contributed by atoms with E-state index in [9.17, 15) is 0 Å². The molecule has 2 aliphatic rings. The first-order valence-electron chi connectivity index (χ1n) is 5.67. The normalized spacial score (nSPS) is 20.8. The molecule has 2 aliphatic carbocycles. The van der Waals surface area contributed by atoms with Crippen molar-refractivity contribution in [2.45, 2.75) is 0 Å².